The zero-order valence-electron chi connectivity index (χ0n) is 14.0. The van der Waals surface area contributed by atoms with E-state index >= 15 is 0 Å². The fourth-order valence-corrected chi connectivity index (χ4v) is 2.61. The van der Waals surface area contributed by atoms with Crippen LogP contribution in [0, 0.1) is 0 Å². The number of methoxy groups -OCH3 is 1. The largest absolute Gasteiger partial charge is 0.380 e. The number of benzene rings is 1. The highest BCUT2D eigenvalue weighted by Gasteiger charge is 2.19. The fourth-order valence-electron chi connectivity index (χ4n) is 2.61. The van der Waals surface area contributed by atoms with E-state index in [4.69, 9.17) is 4.74 Å². The van der Waals surface area contributed by atoms with Gasteiger partial charge < -0.3 is 10.1 Å². The first kappa shape index (κ1) is 17.2. The average Bonchev–Trinajstić information content (AvgIpc) is 2.40. The van der Waals surface area contributed by atoms with Crippen LogP contribution in [0.25, 0.3) is 0 Å². The van der Waals surface area contributed by atoms with Crippen LogP contribution in [0.5, 0.6) is 0 Å². The Balaban J connectivity index is 2.78. The summed E-state index contributed by atoms with van der Waals surface area (Å²) in [5.74, 6) is 0. The SMILES string of the molecule is CCNC(Cc1ccc(C(C)(C)C)cc1)C(CC)OC. The molecule has 2 heteroatoms. The van der Waals surface area contributed by atoms with Crippen molar-refractivity contribution >= 4 is 0 Å². The summed E-state index contributed by atoms with van der Waals surface area (Å²) in [7, 11) is 1.81. The molecule has 1 aromatic rings. The number of ether oxygens (including phenoxy) is 1. The van der Waals surface area contributed by atoms with Gasteiger partial charge in [-0.25, -0.2) is 0 Å². The summed E-state index contributed by atoms with van der Waals surface area (Å²) in [5, 5.41) is 3.55. The van der Waals surface area contributed by atoms with Gasteiger partial charge >= 0.3 is 0 Å². The van der Waals surface area contributed by atoms with Gasteiger partial charge in [-0.2, -0.15) is 0 Å². The lowest BCUT2D eigenvalue weighted by Gasteiger charge is -2.26. The summed E-state index contributed by atoms with van der Waals surface area (Å²) < 4.78 is 5.60. The first-order valence-electron chi connectivity index (χ1n) is 7.78. The van der Waals surface area contributed by atoms with Crippen molar-refractivity contribution in [2.75, 3.05) is 13.7 Å². The molecule has 114 valence electrons. The second-order valence-corrected chi connectivity index (χ2v) is 6.50. The Labute approximate surface area is 124 Å². The molecule has 2 nitrogen and oxygen atoms in total. The second kappa shape index (κ2) is 7.80. The fraction of sp³-hybridized carbons (Fsp3) is 0.667. The van der Waals surface area contributed by atoms with Crippen LogP contribution in [0.2, 0.25) is 0 Å². The summed E-state index contributed by atoms with van der Waals surface area (Å²) in [6, 6.07) is 9.41. The summed E-state index contributed by atoms with van der Waals surface area (Å²) >= 11 is 0. The van der Waals surface area contributed by atoms with E-state index in [2.05, 4.69) is 64.2 Å². The van der Waals surface area contributed by atoms with E-state index in [-0.39, 0.29) is 11.5 Å². The molecule has 0 bridgehead atoms. The Kier molecular flexibility index (Phi) is 6.70. The molecule has 1 rings (SSSR count). The highest BCUT2D eigenvalue weighted by Crippen LogP contribution is 2.22. The standard InChI is InChI=1S/C18H31NO/c1-7-17(20-6)16(19-8-2)13-14-9-11-15(12-10-14)18(3,4)5/h9-12,16-17,19H,7-8,13H2,1-6H3. The Morgan fingerprint density at radius 3 is 2.10 bits per heavy atom. The lowest BCUT2D eigenvalue weighted by molar-refractivity contribution is 0.0658. The van der Waals surface area contributed by atoms with Crippen LogP contribution in [0.15, 0.2) is 24.3 Å². The summed E-state index contributed by atoms with van der Waals surface area (Å²) in [4.78, 5) is 0. The molecule has 0 amide bonds. The maximum atomic E-state index is 5.60. The molecule has 0 saturated carbocycles. The molecule has 0 heterocycles. The molecule has 0 fully saturated rings. The lowest BCUT2D eigenvalue weighted by Crippen LogP contribution is -2.42. The van der Waals surface area contributed by atoms with E-state index in [1.165, 1.54) is 11.1 Å². The number of nitrogens with one attached hydrogen (secondary N) is 1. The van der Waals surface area contributed by atoms with Crippen molar-refractivity contribution in [2.45, 2.75) is 65.0 Å². The first-order valence-corrected chi connectivity index (χ1v) is 7.78. The predicted octanol–water partition coefficient (Wildman–Crippen LogP) is 3.93. The van der Waals surface area contributed by atoms with Gasteiger partial charge in [-0.3, -0.25) is 0 Å². The minimum absolute atomic E-state index is 0.220. The highest BCUT2D eigenvalue weighted by molar-refractivity contribution is 5.28. The van der Waals surface area contributed by atoms with E-state index in [0.717, 1.165) is 19.4 Å². The van der Waals surface area contributed by atoms with Crippen LogP contribution in [0.1, 0.15) is 52.2 Å². The Hall–Kier alpha value is -0.860. The van der Waals surface area contributed by atoms with Crippen molar-refractivity contribution < 1.29 is 4.74 Å². The van der Waals surface area contributed by atoms with E-state index in [1.54, 1.807) is 7.11 Å². The van der Waals surface area contributed by atoms with Gasteiger partial charge in [0.2, 0.25) is 0 Å². The van der Waals surface area contributed by atoms with Crippen LogP contribution >= 0.6 is 0 Å². The van der Waals surface area contributed by atoms with Gasteiger partial charge in [-0.05, 0) is 35.9 Å². The first-order chi connectivity index (χ1) is 9.42. The average molecular weight is 277 g/mol. The maximum absolute atomic E-state index is 5.60. The Morgan fingerprint density at radius 2 is 1.70 bits per heavy atom. The summed E-state index contributed by atoms with van der Waals surface area (Å²) in [6.45, 7) is 12.1. The van der Waals surface area contributed by atoms with Crippen LogP contribution in [0.4, 0.5) is 0 Å². The van der Waals surface area contributed by atoms with Gasteiger partial charge in [0.15, 0.2) is 0 Å². The molecule has 0 saturated heterocycles. The third-order valence-electron chi connectivity index (χ3n) is 3.90. The Morgan fingerprint density at radius 1 is 1.10 bits per heavy atom. The normalized spacial score (nSPS) is 15.1. The van der Waals surface area contributed by atoms with E-state index in [9.17, 15) is 0 Å². The number of hydrogen-bond donors (Lipinski definition) is 1. The van der Waals surface area contributed by atoms with Gasteiger partial charge in [0, 0.05) is 13.2 Å². The van der Waals surface area contributed by atoms with Crippen molar-refractivity contribution in [3.05, 3.63) is 35.4 Å². The molecule has 0 spiro atoms. The topological polar surface area (TPSA) is 21.3 Å². The van der Waals surface area contributed by atoms with Crippen LogP contribution < -0.4 is 5.32 Å². The van der Waals surface area contributed by atoms with Crippen LogP contribution in [0.3, 0.4) is 0 Å². The van der Waals surface area contributed by atoms with E-state index < -0.39 is 0 Å². The van der Waals surface area contributed by atoms with Crippen molar-refractivity contribution in [3.8, 4) is 0 Å². The minimum Gasteiger partial charge on any atom is -0.380 e. The zero-order valence-corrected chi connectivity index (χ0v) is 14.0. The molecule has 0 aliphatic carbocycles. The van der Waals surface area contributed by atoms with Crippen molar-refractivity contribution in [3.63, 3.8) is 0 Å². The summed E-state index contributed by atoms with van der Waals surface area (Å²) in [6.07, 6.45) is 2.33. The number of rotatable bonds is 7. The highest BCUT2D eigenvalue weighted by atomic mass is 16.5. The molecular weight excluding hydrogens is 246 g/mol. The molecule has 0 aliphatic rings. The number of likely N-dealkylation sites (N-methyl/N-ethyl adjacent to an activating group) is 1. The van der Waals surface area contributed by atoms with Crippen molar-refractivity contribution in [1.29, 1.82) is 0 Å². The van der Waals surface area contributed by atoms with Crippen LogP contribution in [-0.2, 0) is 16.6 Å². The van der Waals surface area contributed by atoms with Crippen LogP contribution in [-0.4, -0.2) is 25.8 Å². The molecule has 1 N–H and O–H groups in total. The summed E-state index contributed by atoms with van der Waals surface area (Å²) in [5.41, 5.74) is 2.98. The smallest absolute Gasteiger partial charge is 0.0724 e. The quantitative estimate of drug-likeness (QED) is 0.815. The Bertz CT molecular complexity index is 373. The van der Waals surface area contributed by atoms with E-state index in [1.807, 2.05) is 0 Å². The maximum Gasteiger partial charge on any atom is 0.0724 e. The molecule has 1 aromatic carbocycles. The third-order valence-corrected chi connectivity index (χ3v) is 3.90. The van der Waals surface area contributed by atoms with Gasteiger partial charge in [-0.1, -0.05) is 58.9 Å². The monoisotopic (exact) mass is 277 g/mol. The minimum atomic E-state index is 0.220. The molecule has 20 heavy (non-hydrogen) atoms. The van der Waals surface area contributed by atoms with E-state index in [0.29, 0.717) is 6.04 Å². The van der Waals surface area contributed by atoms with Crippen molar-refractivity contribution in [1.82, 2.24) is 5.32 Å². The number of hydrogen-bond acceptors (Lipinski definition) is 2. The van der Waals surface area contributed by atoms with Gasteiger partial charge in [0.05, 0.1) is 6.10 Å². The lowest BCUT2D eigenvalue weighted by atomic mass is 9.86. The molecule has 2 unspecified atom stereocenters. The molecule has 0 radical (unpaired) electrons. The predicted molar refractivity (Wildman–Crippen MR) is 87.4 cm³/mol. The molecule has 0 aliphatic heterocycles. The molecular formula is C18H31NO. The molecule has 0 aromatic heterocycles. The molecule has 2 atom stereocenters. The zero-order chi connectivity index (χ0) is 15.2. The van der Waals surface area contributed by atoms with Gasteiger partial charge in [0.25, 0.3) is 0 Å². The van der Waals surface area contributed by atoms with Gasteiger partial charge in [-0.15, -0.1) is 0 Å². The van der Waals surface area contributed by atoms with Gasteiger partial charge in [0.1, 0.15) is 0 Å². The third kappa shape index (κ3) is 4.92. The van der Waals surface area contributed by atoms with Crippen molar-refractivity contribution in [2.24, 2.45) is 0 Å². The second-order valence-electron chi connectivity index (χ2n) is 6.50.